The van der Waals surface area contributed by atoms with E-state index >= 15 is 0 Å². The molecule has 3 heterocycles. The molecule has 1 atom stereocenters. The lowest BCUT2D eigenvalue weighted by Gasteiger charge is -2.35. The minimum atomic E-state index is -3.48. The molecule has 2 aromatic heterocycles. The second kappa shape index (κ2) is 8.57. The van der Waals surface area contributed by atoms with Crippen LogP contribution >= 0.6 is 7.14 Å². The van der Waals surface area contributed by atoms with Gasteiger partial charge in [0.2, 0.25) is 5.91 Å². The number of pyridine rings is 1. The number of aromatic nitrogens is 3. The topological polar surface area (TPSA) is 108 Å². The standard InChI is InChI=1S/C23H23F3N5O3P/c1-13-29-17-11-27-18(35(34)7-5-31(6-8-35)19(33)12-32)9-15(17)22(30-13)28-10-14-3-2-4-16-20(14)21(24)23(16,25)26/h2-4,9,11,21,32H,5-8,10,12H2,1H3,(H,28,29,30). The highest BCUT2D eigenvalue weighted by Gasteiger charge is 2.55. The first-order valence-electron chi connectivity index (χ1n) is 11.1. The number of anilines is 1. The van der Waals surface area contributed by atoms with Crippen molar-refractivity contribution in [1.82, 2.24) is 19.9 Å². The van der Waals surface area contributed by atoms with E-state index in [4.69, 9.17) is 5.11 Å². The van der Waals surface area contributed by atoms with Gasteiger partial charge >= 0.3 is 5.92 Å². The minimum Gasteiger partial charge on any atom is -0.387 e. The number of fused-ring (bicyclic) bond motifs is 2. The lowest BCUT2D eigenvalue weighted by atomic mass is 9.79. The van der Waals surface area contributed by atoms with E-state index in [1.54, 1.807) is 19.1 Å². The maximum Gasteiger partial charge on any atom is 0.308 e. The van der Waals surface area contributed by atoms with E-state index in [9.17, 15) is 22.5 Å². The Kier molecular flexibility index (Phi) is 5.80. The van der Waals surface area contributed by atoms with Gasteiger partial charge in [-0.3, -0.25) is 9.78 Å². The van der Waals surface area contributed by atoms with E-state index in [2.05, 4.69) is 20.3 Å². The number of nitrogens with zero attached hydrogens (tertiary/aromatic N) is 4. The number of aliphatic hydroxyl groups excluding tert-OH is 1. The Bertz CT molecular complexity index is 1370. The molecule has 2 aliphatic rings. The molecule has 2 N–H and O–H groups in total. The molecule has 1 aromatic carbocycles. The van der Waals surface area contributed by atoms with Crippen LogP contribution in [0.5, 0.6) is 0 Å². The van der Waals surface area contributed by atoms with E-state index in [0.29, 0.717) is 33.5 Å². The summed E-state index contributed by atoms with van der Waals surface area (Å²) >= 11 is 0. The molecule has 3 aromatic rings. The number of nitrogens with one attached hydrogen (secondary N) is 1. The number of aliphatic hydroxyl groups is 1. The van der Waals surface area contributed by atoms with Gasteiger partial charge in [0.1, 0.15) is 30.8 Å². The average Bonchev–Trinajstić information content (AvgIpc) is 2.86. The number of carbonyl (C=O) groups excluding carboxylic acids is 1. The first-order chi connectivity index (χ1) is 16.6. The number of benzene rings is 1. The number of aryl methyl sites for hydroxylation is 1. The summed E-state index contributed by atoms with van der Waals surface area (Å²) in [5, 5.41) is 12.7. The number of carbonyl (C=O) groups is 1. The second-order valence-corrected chi connectivity index (χ2v) is 11.9. The number of hydrogen-bond donors (Lipinski definition) is 2. The molecule has 0 bridgehead atoms. The van der Waals surface area contributed by atoms with Crippen molar-refractivity contribution in [3.63, 3.8) is 0 Å². The average molecular weight is 505 g/mol. The predicted octanol–water partition coefficient (Wildman–Crippen LogP) is 2.88. The first-order valence-corrected chi connectivity index (χ1v) is 13.2. The van der Waals surface area contributed by atoms with Crippen molar-refractivity contribution in [3.05, 3.63) is 53.0 Å². The summed E-state index contributed by atoms with van der Waals surface area (Å²) in [4.78, 5) is 26.4. The molecule has 0 saturated carbocycles. The molecule has 35 heavy (non-hydrogen) atoms. The van der Waals surface area contributed by atoms with Crippen molar-refractivity contribution < 1.29 is 27.6 Å². The number of alkyl halides is 3. The first kappa shape index (κ1) is 23.7. The molecule has 12 heteroatoms. The molecule has 0 radical (unpaired) electrons. The normalized spacial score (nSPS) is 20.3. The van der Waals surface area contributed by atoms with Gasteiger partial charge in [0, 0.05) is 48.5 Å². The van der Waals surface area contributed by atoms with Crippen LogP contribution in [0.3, 0.4) is 0 Å². The quantitative estimate of drug-likeness (QED) is 0.514. The molecular weight excluding hydrogens is 482 g/mol. The third-order valence-electron chi connectivity index (χ3n) is 6.62. The van der Waals surface area contributed by atoms with E-state index in [-0.39, 0.29) is 43.1 Å². The summed E-state index contributed by atoms with van der Waals surface area (Å²) in [6.07, 6.45) is -0.337. The Labute approximate surface area is 199 Å². The summed E-state index contributed by atoms with van der Waals surface area (Å²) in [6.45, 7) is 1.70. The minimum absolute atomic E-state index is 0.00365. The largest absolute Gasteiger partial charge is 0.387 e. The Hall–Kier alpha value is -3.04. The molecule has 5 rings (SSSR count). The van der Waals surface area contributed by atoms with Gasteiger partial charge in [-0.15, -0.1) is 0 Å². The molecule has 1 aliphatic carbocycles. The van der Waals surface area contributed by atoms with Crippen molar-refractivity contribution in [1.29, 1.82) is 0 Å². The summed E-state index contributed by atoms with van der Waals surface area (Å²) in [5.74, 6) is -3.03. The second-order valence-electron chi connectivity index (χ2n) is 8.77. The zero-order valence-electron chi connectivity index (χ0n) is 18.8. The van der Waals surface area contributed by atoms with Gasteiger partial charge in [-0.25, -0.2) is 14.4 Å². The summed E-state index contributed by atoms with van der Waals surface area (Å²) in [7, 11) is -2.90. The van der Waals surface area contributed by atoms with Crippen LogP contribution in [0.1, 0.15) is 28.7 Å². The van der Waals surface area contributed by atoms with E-state index in [1.165, 1.54) is 23.2 Å². The fourth-order valence-electron chi connectivity index (χ4n) is 4.64. The lowest BCUT2D eigenvalue weighted by molar-refractivity contribution is -0.133. The number of halogens is 3. The third kappa shape index (κ3) is 3.96. The van der Waals surface area contributed by atoms with Crippen molar-refractivity contribution >= 4 is 35.2 Å². The van der Waals surface area contributed by atoms with Crippen molar-refractivity contribution in [3.8, 4) is 0 Å². The van der Waals surface area contributed by atoms with Gasteiger partial charge < -0.3 is 19.9 Å². The highest BCUT2D eigenvalue weighted by Crippen LogP contribution is 2.56. The highest BCUT2D eigenvalue weighted by atomic mass is 31.2. The van der Waals surface area contributed by atoms with E-state index in [0.717, 1.165) is 0 Å². The van der Waals surface area contributed by atoms with E-state index < -0.39 is 31.8 Å². The molecule has 0 spiro atoms. The van der Waals surface area contributed by atoms with Crippen LogP contribution in [0.4, 0.5) is 19.0 Å². The molecular formula is C23H23F3N5O3P. The van der Waals surface area contributed by atoms with Crippen molar-refractivity contribution in [2.24, 2.45) is 0 Å². The van der Waals surface area contributed by atoms with Crippen molar-refractivity contribution in [2.45, 2.75) is 25.6 Å². The van der Waals surface area contributed by atoms with Gasteiger partial charge in [0.05, 0.1) is 11.7 Å². The number of amides is 1. The Morgan fingerprint density at radius 3 is 2.74 bits per heavy atom. The van der Waals surface area contributed by atoms with Gasteiger partial charge in [0.25, 0.3) is 0 Å². The fraction of sp³-hybridized carbons (Fsp3) is 0.391. The van der Waals surface area contributed by atoms with Crippen LogP contribution in [-0.4, -0.2) is 62.9 Å². The van der Waals surface area contributed by atoms with Gasteiger partial charge in [-0.1, -0.05) is 18.2 Å². The molecule has 1 unspecified atom stereocenters. The lowest BCUT2D eigenvalue weighted by Crippen LogP contribution is -2.42. The van der Waals surface area contributed by atoms with Gasteiger partial charge in [-0.2, -0.15) is 8.78 Å². The zero-order valence-corrected chi connectivity index (χ0v) is 19.7. The van der Waals surface area contributed by atoms with E-state index in [1.807, 2.05) is 0 Å². The monoisotopic (exact) mass is 505 g/mol. The zero-order chi connectivity index (χ0) is 25.0. The number of hydrogen-bond acceptors (Lipinski definition) is 7. The smallest absolute Gasteiger partial charge is 0.308 e. The Morgan fingerprint density at radius 2 is 2.03 bits per heavy atom. The predicted molar refractivity (Wildman–Crippen MR) is 124 cm³/mol. The Balaban J connectivity index is 1.43. The SMILES string of the molecule is Cc1nc(NCc2cccc3c2C(F)C3(F)F)c2cc(P3(=O)CCN(C(=O)CO)CC3)ncc2n1. The summed E-state index contributed by atoms with van der Waals surface area (Å²) in [6, 6.07) is 5.96. The summed E-state index contributed by atoms with van der Waals surface area (Å²) in [5.41, 5.74) is 1.01. The van der Waals surface area contributed by atoms with Crippen molar-refractivity contribution in [2.75, 3.05) is 37.3 Å². The van der Waals surface area contributed by atoms with Crippen LogP contribution in [0.2, 0.25) is 0 Å². The molecule has 184 valence electrons. The molecule has 1 fully saturated rings. The molecule has 1 amide bonds. The van der Waals surface area contributed by atoms with Crippen LogP contribution in [0.15, 0.2) is 30.5 Å². The fourth-order valence-corrected chi connectivity index (χ4v) is 7.08. The van der Waals surface area contributed by atoms with Crippen LogP contribution < -0.4 is 10.8 Å². The van der Waals surface area contributed by atoms with Gasteiger partial charge in [0.15, 0.2) is 6.17 Å². The van der Waals surface area contributed by atoms with Gasteiger partial charge in [-0.05, 0) is 18.6 Å². The molecule has 8 nitrogen and oxygen atoms in total. The van der Waals surface area contributed by atoms with Crippen LogP contribution in [0.25, 0.3) is 10.9 Å². The summed E-state index contributed by atoms with van der Waals surface area (Å²) < 4.78 is 55.3. The highest BCUT2D eigenvalue weighted by molar-refractivity contribution is 7.71. The van der Waals surface area contributed by atoms with Crippen LogP contribution in [0, 0.1) is 6.92 Å². The Morgan fingerprint density at radius 1 is 1.29 bits per heavy atom. The maximum atomic E-state index is 14.1. The maximum absolute atomic E-state index is 14.1. The van der Waals surface area contributed by atoms with Crippen LogP contribution in [-0.2, 0) is 21.8 Å². The third-order valence-corrected chi connectivity index (χ3v) is 9.55. The number of rotatable bonds is 5. The molecule has 1 aliphatic heterocycles. The molecule has 1 saturated heterocycles.